The number of carbonyl (C=O) groups is 1. The largest absolute Gasteiger partial charge is 0.497 e. The van der Waals surface area contributed by atoms with E-state index >= 15 is 0 Å². The van der Waals surface area contributed by atoms with Gasteiger partial charge in [0.1, 0.15) is 11.5 Å². The molecule has 1 amide bonds. The number of hydrogen-bond donors (Lipinski definition) is 1. The minimum absolute atomic E-state index is 0.0383. The highest BCUT2D eigenvalue weighted by Crippen LogP contribution is 2.20. The van der Waals surface area contributed by atoms with Gasteiger partial charge in [0.05, 0.1) is 12.0 Å². The molecule has 0 heterocycles. The summed E-state index contributed by atoms with van der Waals surface area (Å²) in [5, 5.41) is 13.2. The van der Waals surface area contributed by atoms with Crippen molar-refractivity contribution in [3.05, 3.63) is 58.6 Å². The first-order valence-electron chi connectivity index (χ1n) is 6.85. The lowest BCUT2D eigenvalue weighted by Gasteiger charge is -2.15. The molecule has 7 nitrogen and oxygen atoms in total. The number of methoxy groups -OCH3 is 1. The quantitative estimate of drug-likeness (QED) is 0.653. The van der Waals surface area contributed by atoms with Crippen molar-refractivity contribution >= 4 is 17.3 Å². The van der Waals surface area contributed by atoms with Gasteiger partial charge in [0, 0.05) is 23.9 Å². The zero-order valence-electron chi connectivity index (χ0n) is 12.7. The normalized spacial score (nSPS) is 11.4. The first-order chi connectivity index (χ1) is 11.0. The average molecular weight is 316 g/mol. The summed E-state index contributed by atoms with van der Waals surface area (Å²) < 4.78 is 10.6. The number of rotatable bonds is 6. The molecule has 1 N–H and O–H groups in total. The highest BCUT2D eigenvalue weighted by atomic mass is 16.6. The van der Waals surface area contributed by atoms with E-state index in [1.54, 1.807) is 38.3 Å². The summed E-state index contributed by atoms with van der Waals surface area (Å²) in [5.41, 5.74) is 0.422. The van der Waals surface area contributed by atoms with E-state index in [1.165, 1.54) is 24.3 Å². The van der Waals surface area contributed by atoms with Crippen molar-refractivity contribution in [3.63, 3.8) is 0 Å². The minimum Gasteiger partial charge on any atom is -0.497 e. The van der Waals surface area contributed by atoms with Gasteiger partial charge in [-0.3, -0.25) is 14.9 Å². The van der Waals surface area contributed by atoms with E-state index < -0.39 is 11.0 Å². The topological polar surface area (TPSA) is 90.7 Å². The van der Waals surface area contributed by atoms with E-state index in [1.807, 2.05) is 0 Å². The Hall–Kier alpha value is -3.09. The van der Waals surface area contributed by atoms with Gasteiger partial charge in [0.25, 0.3) is 11.6 Å². The van der Waals surface area contributed by atoms with Crippen LogP contribution in [-0.2, 0) is 4.79 Å². The van der Waals surface area contributed by atoms with Gasteiger partial charge in [-0.15, -0.1) is 0 Å². The third-order valence-corrected chi connectivity index (χ3v) is 3.07. The lowest BCUT2D eigenvalue weighted by molar-refractivity contribution is -0.384. The number of ether oxygens (including phenoxy) is 2. The lowest BCUT2D eigenvalue weighted by Crippen LogP contribution is -2.30. The van der Waals surface area contributed by atoms with Crippen molar-refractivity contribution in [2.24, 2.45) is 0 Å². The number of nitro groups is 1. The number of non-ortho nitro benzene ring substituents is 1. The third kappa shape index (κ3) is 4.44. The van der Waals surface area contributed by atoms with Gasteiger partial charge in [-0.2, -0.15) is 0 Å². The Balaban J connectivity index is 1.97. The summed E-state index contributed by atoms with van der Waals surface area (Å²) in [6.45, 7) is 1.61. The third-order valence-electron chi connectivity index (χ3n) is 3.07. The fraction of sp³-hybridized carbons (Fsp3) is 0.188. The second-order valence-electron chi connectivity index (χ2n) is 4.73. The molecule has 0 aliphatic heterocycles. The molecule has 0 bridgehead atoms. The van der Waals surface area contributed by atoms with Crippen LogP contribution in [0.4, 0.5) is 11.4 Å². The number of amides is 1. The molecule has 0 fully saturated rings. The van der Waals surface area contributed by atoms with E-state index in [-0.39, 0.29) is 11.6 Å². The van der Waals surface area contributed by atoms with Crippen molar-refractivity contribution in [1.82, 2.24) is 0 Å². The first kappa shape index (κ1) is 16.3. The summed E-state index contributed by atoms with van der Waals surface area (Å²) >= 11 is 0. The Labute approximate surface area is 133 Å². The van der Waals surface area contributed by atoms with E-state index in [4.69, 9.17) is 9.47 Å². The average Bonchev–Trinajstić information content (AvgIpc) is 2.55. The van der Waals surface area contributed by atoms with Crippen molar-refractivity contribution in [2.75, 3.05) is 12.4 Å². The van der Waals surface area contributed by atoms with Crippen molar-refractivity contribution < 1.29 is 19.2 Å². The molecule has 0 saturated carbocycles. The van der Waals surface area contributed by atoms with Gasteiger partial charge in [-0.1, -0.05) is 6.07 Å². The van der Waals surface area contributed by atoms with Crippen LogP contribution in [0.2, 0.25) is 0 Å². The molecule has 2 aromatic carbocycles. The highest BCUT2D eigenvalue weighted by Gasteiger charge is 2.15. The van der Waals surface area contributed by atoms with Gasteiger partial charge in [-0.25, -0.2) is 0 Å². The van der Waals surface area contributed by atoms with Gasteiger partial charge in [-0.05, 0) is 31.2 Å². The molecule has 0 aromatic heterocycles. The Morgan fingerprint density at radius 2 is 1.83 bits per heavy atom. The number of nitrogens with zero attached hydrogens (tertiary/aromatic N) is 1. The van der Waals surface area contributed by atoms with Gasteiger partial charge in [0.15, 0.2) is 6.10 Å². The molecule has 7 heteroatoms. The lowest BCUT2D eigenvalue weighted by atomic mass is 10.2. The maximum Gasteiger partial charge on any atom is 0.269 e. The number of nitro benzene ring substituents is 1. The number of benzene rings is 2. The molecule has 0 aliphatic carbocycles. The monoisotopic (exact) mass is 316 g/mol. The van der Waals surface area contributed by atoms with Gasteiger partial charge >= 0.3 is 0 Å². The van der Waals surface area contributed by atoms with Crippen LogP contribution < -0.4 is 14.8 Å². The van der Waals surface area contributed by atoms with Crippen LogP contribution >= 0.6 is 0 Å². The summed E-state index contributed by atoms with van der Waals surface area (Å²) in [7, 11) is 1.55. The second kappa shape index (κ2) is 7.26. The number of carbonyl (C=O) groups excluding carboxylic acids is 1. The number of nitrogens with one attached hydrogen (secondary N) is 1. The van der Waals surface area contributed by atoms with Gasteiger partial charge in [0.2, 0.25) is 0 Å². The fourth-order valence-electron chi connectivity index (χ4n) is 1.84. The van der Waals surface area contributed by atoms with E-state index in [2.05, 4.69) is 5.32 Å². The molecule has 0 spiro atoms. The van der Waals surface area contributed by atoms with Crippen LogP contribution in [0.15, 0.2) is 48.5 Å². The smallest absolute Gasteiger partial charge is 0.269 e. The molecule has 0 saturated heterocycles. The van der Waals surface area contributed by atoms with Crippen LogP contribution in [0.25, 0.3) is 0 Å². The van der Waals surface area contributed by atoms with Gasteiger partial charge < -0.3 is 14.8 Å². The number of hydrogen-bond acceptors (Lipinski definition) is 5. The molecule has 2 rings (SSSR count). The van der Waals surface area contributed by atoms with E-state index in [0.717, 1.165) is 0 Å². The van der Waals surface area contributed by atoms with Crippen LogP contribution in [0, 0.1) is 10.1 Å². The molecular weight excluding hydrogens is 300 g/mol. The summed E-state index contributed by atoms with van der Waals surface area (Å²) in [4.78, 5) is 22.2. The molecule has 23 heavy (non-hydrogen) atoms. The fourth-order valence-corrected chi connectivity index (χ4v) is 1.84. The molecular formula is C16H16N2O5. The summed E-state index contributed by atoms with van der Waals surface area (Å²) in [6, 6.07) is 12.5. The predicted octanol–water partition coefficient (Wildman–Crippen LogP) is 3.01. The number of anilines is 1. The standard InChI is InChI=1S/C16H16N2O5/c1-11(23-15-5-3-4-14(10-15)22-2)16(19)17-12-6-8-13(9-7-12)18(20)21/h3-11H,1-2H3,(H,17,19). The Kier molecular flexibility index (Phi) is 5.14. The maximum absolute atomic E-state index is 12.1. The van der Waals surface area contributed by atoms with Crippen LogP contribution in [0.1, 0.15) is 6.92 Å². The SMILES string of the molecule is COc1cccc(OC(C)C(=O)Nc2ccc([N+](=O)[O-])cc2)c1. The molecule has 2 aromatic rings. The zero-order chi connectivity index (χ0) is 16.8. The molecule has 0 radical (unpaired) electrons. The minimum atomic E-state index is -0.739. The second-order valence-corrected chi connectivity index (χ2v) is 4.73. The Morgan fingerprint density at radius 1 is 1.17 bits per heavy atom. The molecule has 0 aliphatic rings. The van der Waals surface area contributed by atoms with Crippen LogP contribution in [0.3, 0.4) is 0 Å². The highest BCUT2D eigenvalue weighted by molar-refractivity contribution is 5.94. The molecule has 120 valence electrons. The molecule has 1 atom stereocenters. The van der Waals surface area contributed by atoms with E-state index in [9.17, 15) is 14.9 Å². The predicted molar refractivity (Wildman–Crippen MR) is 84.8 cm³/mol. The van der Waals surface area contributed by atoms with Crippen LogP contribution in [-0.4, -0.2) is 24.0 Å². The van der Waals surface area contributed by atoms with E-state index in [0.29, 0.717) is 17.2 Å². The Bertz CT molecular complexity index is 700. The van der Waals surface area contributed by atoms with Crippen molar-refractivity contribution in [1.29, 1.82) is 0 Å². The summed E-state index contributed by atoms with van der Waals surface area (Å²) in [6.07, 6.45) is -0.739. The van der Waals surface area contributed by atoms with Crippen molar-refractivity contribution in [3.8, 4) is 11.5 Å². The zero-order valence-corrected chi connectivity index (χ0v) is 12.7. The summed E-state index contributed by atoms with van der Waals surface area (Å²) in [5.74, 6) is 0.780. The van der Waals surface area contributed by atoms with Crippen molar-refractivity contribution in [2.45, 2.75) is 13.0 Å². The van der Waals surface area contributed by atoms with Crippen LogP contribution in [0.5, 0.6) is 11.5 Å². The maximum atomic E-state index is 12.1. The first-order valence-corrected chi connectivity index (χ1v) is 6.85. The molecule has 1 unspecified atom stereocenters. The Morgan fingerprint density at radius 3 is 2.43 bits per heavy atom.